The fourth-order valence-electron chi connectivity index (χ4n) is 2.11. The smallest absolute Gasteiger partial charge is 0.408 e. The van der Waals surface area contributed by atoms with E-state index in [-0.39, 0.29) is 12.1 Å². The maximum atomic E-state index is 11.9. The minimum atomic E-state index is -0.469. The van der Waals surface area contributed by atoms with Crippen molar-refractivity contribution in [3.63, 3.8) is 0 Å². The van der Waals surface area contributed by atoms with Crippen LogP contribution >= 0.6 is 0 Å². The molecule has 2 N–H and O–H groups in total. The van der Waals surface area contributed by atoms with Crippen LogP contribution in [0.2, 0.25) is 0 Å². The molecule has 4 nitrogen and oxygen atoms in total. The Morgan fingerprint density at radius 1 is 1.32 bits per heavy atom. The molecule has 0 spiro atoms. The lowest BCUT2D eigenvalue weighted by Gasteiger charge is -2.35. The number of hydrogen-bond donors (Lipinski definition) is 2. The van der Waals surface area contributed by atoms with Crippen LogP contribution in [0.4, 0.5) is 4.79 Å². The first kappa shape index (κ1) is 13.9. The number of carbonyl (C=O) groups excluding carboxylic acids is 1. The Kier molecular flexibility index (Phi) is 4.10. The first-order chi connectivity index (χ1) is 8.96. The number of benzene rings is 1. The highest BCUT2D eigenvalue weighted by atomic mass is 16.6. The number of alkyl carbamates (subject to hydrolysis) is 1. The van der Waals surface area contributed by atoms with Gasteiger partial charge in [0.2, 0.25) is 0 Å². The Morgan fingerprint density at radius 3 is 2.42 bits per heavy atom. The van der Waals surface area contributed by atoms with Crippen LogP contribution in [-0.2, 0) is 4.74 Å². The zero-order valence-corrected chi connectivity index (χ0v) is 11.8. The predicted molar refractivity (Wildman–Crippen MR) is 74.9 cm³/mol. The highest BCUT2D eigenvalue weighted by molar-refractivity contribution is 5.68. The third-order valence-corrected chi connectivity index (χ3v) is 3.12. The molecule has 1 aromatic rings. The van der Waals surface area contributed by atoms with Crippen molar-refractivity contribution in [2.45, 2.75) is 32.4 Å². The summed E-state index contributed by atoms with van der Waals surface area (Å²) in [5, 5.41) is 6.23. The summed E-state index contributed by atoms with van der Waals surface area (Å²) in [5.74, 6) is 0.426. The van der Waals surface area contributed by atoms with Crippen molar-refractivity contribution in [2.75, 3.05) is 13.1 Å². The largest absolute Gasteiger partial charge is 0.444 e. The maximum Gasteiger partial charge on any atom is 0.408 e. The summed E-state index contributed by atoms with van der Waals surface area (Å²) >= 11 is 0. The van der Waals surface area contributed by atoms with Crippen LogP contribution in [0, 0.1) is 5.92 Å². The van der Waals surface area contributed by atoms with Crippen molar-refractivity contribution < 1.29 is 9.53 Å². The van der Waals surface area contributed by atoms with Gasteiger partial charge in [-0.2, -0.15) is 0 Å². The molecule has 1 fully saturated rings. The van der Waals surface area contributed by atoms with Gasteiger partial charge in [-0.05, 0) is 26.3 Å². The predicted octanol–water partition coefficient (Wildman–Crippen LogP) is 2.47. The molecule has 0 bridgehead atoms. The molecule has 0 radical (unpaired) electrons. The van der Waals surface area contributed by atoms with Crippen LogP contribution < -0.4 is 10.6 Å². The molecule has 1 aliphatic rings. The Labute approximate surface area is 114 Å². The summed E-state index contributed by atoms with van der Waals surface area (Å²) in [4.78, 5) is 11.9. The molecule has 0 aromatic heterocycles. The number of hydrogen-bond acceptors (Lipinski definition) is 3. The van der Waals surface area contributed by atoms with Crippen LogP contribution in [-0.4, -0.2) is 24.8 Å². The summed E-state index contributed by atoms with van der Waals surface area (Å²) in [6.07, 6.45) is -0.353. The van der Waals surface area contributed by atoms with Crippen LogP contribution in [0.3, 0.4) is 0 Å². The molecule has 0 saturated carbocycles. The molecule has 1 saturated heterocycles. The summed E-state index contributed by atoms with van der Waals surface area (Å²) in [6, 6.07) is 10.1. The first-order valence-corrected chi connectivity index (χ1v) is 6.71. The molecular weight excluding hydrogens is 240 g/mol. The van der Waals surface area contributed by atoms with Gasteiger partial charge in [-0.25, -0.2) is 4.79 Å². The van der Waals surface area contributed by atoms with Crippen molar-refractivity contribution in [1.82, 2.24) is 10.6 Å². The topological polar surface area (TPSA) is 50.4 Å². The molecule has 1 amide bonds. The number of rotatable bonds is 3. The Hall–Kier alpha value is -1.55. The average Bonchev–Trinajstić information content (AvgIpc) is 2.24. The van der Waals surface area contributed by atoms with E-state index in [0.717, 1.165) is 18.7 Å². The van der Waals surface area contributed by atoms with E-state index < -0.39 is 5.60 Å². The Balaban J connectivity index is 2.05. The number of carbonyl (C=O) groups is 1. The summed E-state index contributed by atoms with van der Waals surface area (Å²) in [5.41, 5.74) is 0.656. The second kappa shape index (κ2) is 5.61. The molecule has 1 heterocycles. The summed E-state index contributed by atoms with van der Waals surface area (Å²) < 4.78 is 5.34. The van der Waals surface area contributed by atoms with Gasteiger partial charge < -0.3 is 15.4 Å². The minimum Gasteiger partial charge on any atom is -0.444 e. The van der Waals surface area contributed by atoms with E-state index in [0.29, 0.717) is 5.92 Å². The summed E-state index contributed by atoms with van der Waals surface area (Å²) in [6.45, 7) is 7.46. The zero-order valence-electron chi connectivity index (χ0n) is 11.8. The lowest BCUT2D eigenvalue weighted by Crippen LogP contribution is -2.50. The quantitative estimate of drug-likeness (QED) is 0.880. The van der Waals surface area contributed by atoms with Crippen LogP contribution in [0.5, 0.6) is 0 Å². The van der Waals surface area contributed by atoms with Crippen molar-refractivity contribution in [3.05, 3.63) is 35.9 Å². The number of ether oxygens (including phenoxy) is 1. The SMILES string of the molecule is CC(C)(C)OC(=O)NC(c1ccccc1)C1CNC1. The van der Waals surface area contributed by atoms with Crippen LogP contribution in [0.1, 0.15) is 32.4 Å². The lowest BCUT2D eigenvalue weighted by atomic mass is 9.88. The third kappa shape index (κ3) is 3.96. The van der Waals surface area contributed by atoms with Gasteiger partial charge in [-0.3, -0.25) is 0 Å². The molecule has 4 heteroatoms. The van der Waals surface area contributed by atoms with Gasteiger partial charge in [-0.15, -0.1) is 0 Å². The first-order valence-electron chi connectivity index (χ1n) is 6.71. The standard InChI is InChI=1S/C15H22N2O2/c1-15(2,3)19-14(18)17-13(12-9-16-10-12)11-7-5-4-6-8-11/h4-8,12-13,16H,9-10H2,1-3H3,(H,17,18). The van der Waals surface area contributed by atoms with E-state index in [1.807, 2.05) is 51.1 Å². The molecule has 19 heavy (non-hydrogen) atoms. The van der Waals surface area contributed by atoms with Gasteiger partial charge in [0.1, 0.15) is 5.60 Å². The van der Waals surface area contributed by atoms with Crippen LogP contribution in [0.25, 0.3) is 0 Å². The number of nitrogens with one attached hydrogen (secondary N) is 2. The fourth-order valence-corrected chi connectivity index (χ4v) is 2.11. The van der Waals surface area contributed by atoms with E-state index in [1.165, 1.54) is 0 Å². The Morgan fingerprint density at radius 2 is 1.95 bits per heavy atom. The van der Waals surface area contributed by atoms with Gasteiger partial charge in [0.15, 0.2) is 0 Å². The molecule has 1 aromatic carbocycles. The number of amides is 1. The van der Waals surface area contributed by atoms with Gasteiger partial charge in [0.25, 0.3) is 0 Å². The van der Waals surface area contributed by atoms with Gasteiger partial charge in [-0.1, -0.05) is 30.3 Å². The normalized spacial score (nSPS) is 17.4. The molecule has 2 rings (SSSR count). The Bertz CT molecular complexity index is 422. The van der Waals surface area contributed by atoms with Crippen molar-refractivity contribution in [1.29, 1.82) is 0 Å². The zero-order chi connectivity index (χ0) is 13.9. The molecule has 104 valence electrons. The third-order valence-electron chi connectivity index (χ3n) is 3.12. The van der Waals surface area contributed by atoms with Crippen LogP contribution in [0.15, 0.2) is 30.3 Å². The van der Waals surface area contributed by atoms with Gasteiger partial charge in [0, 0.05) is 19.0 Å². The second-order valence-electron chi connectivity index (χ2n) is 5.95. The summed E-state index contributed by atoms with van der Waals surface area (Å²) in [7, 11) is 0. The maximum absolute atomic E-state index is 11.9. The van der Waals surface area contributed by atoms with E-state index >= 15 is 0 Å². The second-order valence-corrected chi connectivity index (χ2v) is 5.95. The highest BCUT2D eigenvalue weighted by Crippen LogP contribution is 2.25. The average molecular weight is 262 g/mol. The van der Waals surface area contributed by atoms with E-state index in [9.17, 15) is 4.79 Å². The molecular formula is C15H22N2O2. The molecule has 1 unspecified atom stereocenters. The van der Waals surface area contributed by atoms with Crippen molar-refractivity contribution >= 4 is 6.09 Å². The highest BCUT2D eigenvalue weighted by Gasteiger charge is 2.30. The van der Waals surface area contributed by atoms with Gasteiger partial charge in [0.05, 0.1) is 6.04 Å². The van der Waals surface area contributed by atoms with E-state index in [1.54, 1.807) is 0 Å². The molecule has 1 atom stereocenters. The fraction of sp³-hybridized carbons (Fsp3) is 0.533. The van der Waals surface area contributed by atoms with Crippen molar-refractivity contribution in [3.8, 4) is 0 Å². The monoisotopic (exact) mass is 262 g/mol. The lowest BCUT2D eigenvalue weighted by molar-refractivity contribution is 0.0472. The van der Waals surface area contributed by atoms with E-state index in [4.69, 9.17) is 4.74 Å². The van der Waals surface area contributed by atoms with E-state index in [2.05, 4.69) is 10.6 Å². The van der Waals surface area contributed by atoms with Gasteiger partial charge >= 0.3 is 6.09 Å². The minimum absolute atomic E-state index is 0.0114. The molecule has 1 aliphatic heterocycles. The molecule has 0 aliphatic carbocycles. The van der Waals surface area contributed by atoms with Crippen molar-refractivity contribution in [2.24, 2.45) is 5.92 Å².